The molecule has 0 bridgehead atoms. The smallest absolute Gasteiger partial charge is 0.232 e. The Morgan fingerprint density at radius 2 is 2.00 bits per heavy atom. The first-order valence-electron chi connectivity index (χ1n) is 9.66. The lowest BCUT2D eigenvalue weighted by molar-refractivity contribution is -0.117. The van der Waals surface area contributed by atoms with Gasteiger partial charge in [-0.1, -0.05) is 28.1 Å². The van der Waals surface area contributed by atoms with Crippen LogP contribution in [-0.2, 0) is 11.3 Å². The third kappa shape index (κ3) is 3.06. The normalized spacial score (nSPS) is 16.8. The van der Waals surface area contributed by atoms with Crippen molar-refractivity contribution in [2.75, 3.05) is 11.4 Å². The van der Waals surface area contributed by atoms with E-state index in [2.05, 4.69) is 20.5 Å². The molecule has 0 aliphatic carbocycles. The molecule has 1 saturated heterocycles. The van der Waals surface area contributed by atoms with E-state index in [1.165, 1.54) is 0 Å². The Kier molecular flexibility index (Phi) is 4.12. The molecule has 2 aromatic carbocycles. The van der Waals surface area contributed by atoms with Crippen molar-refractivity contribution in [1.82, 2.24) is 25.1 Å². The minimum atomic E-state index is -0.116. The molecule has 0 N–H and O–H groups in total. The van der Waals surface area contributed by atoms with Gasteiger partial charge in [0.05, 0.1) is 11.4 Å². The van der Waals surface area contributed by atoms with Gasteiger partial charge < -0.3 is 9.42 Å². The van der Waals surface area contributed by atoms with E-state index >= 15 is 0 Å². The van der Waals surface area contributed by atoms with Gasteiger partial charge in [-0.15, -0.1) is 5.10 Å². The summed E-state index contributed by atoms with van der Waals surface area (Å²) in [5.74, 6) is 0.931. The van der Waals surface area contributed by atoms with Crippen molar-refractivity contribution < 1.29 is 9.32 Å². The highest BCUT2D eigenvalue weighted by Crippen LogP contribution is 2.32. The first-order chi connectivity index (χ1) is 14.1. The molecule has 1 fully saturated rings. The molecule has 2 aromatic heterocycles. The van der Waals surface area contributed by atoms with E-state index in [1.807, 2.05) is 61.0 Å². The topological polar surface area (TPSA) is 89.9 Å². The molecule has 8 heteroatoms. The fourth-order valence-corrected chi connectivity index (χ4v) is 3.71. The van der Waals surface area contributed by atoms with Gasteiger partial charge in [-0.05, 0) is 44.2 Å². The van der Waals surface area contributed by atoms with Gasteiger partial charge in [-0.2, -0.15) is 4.98 Å². The van der Waals surface area contributed by atoms with Gasteiger partial charge in [-0.25, -0.2) is 4.68 Å². The zero-order valence-corrected chi connectivity index (χ0v) is 16.2. The van der Waals surface area contributed by atoms with E-state index in [0.717, 1.165) is 34.4 Å². The number of hydrogen-bond acceptors (Lipinski definition) is 6. The van der Waals surface area contributed by atoms with E-state index in [-0.39, 0.29) is 11.8 Å². The molecular formula is C21H20N6O2. The molecule has 0 radical (unpaired) electrons. The van der Waals surface area contributed by atoms with Crippen LogP contribution in [-0.4, -0.2) is 37.6 Å². The van der Waals surface area contributed by atoms with Crippen LogP contribution in [0, 0.1) is 6.92 Å². The van der Waals surface area contributed by atoms with Crippen molar-refractivity contribution in [3.63, 3.8) is 0 Å². The van der Waals surface area contributed by atoms with Crippen molar-refractivity contribution in [3.8, 4) is 11.4 Å². The zero-order chi connectivity index (χ0) is 20.0. The largest absolute Gasteiger partial charge is 0.339 e. The molecule has 1 aliphatic rings. The summed E-state index contributed by atoms with van der Waals surface area (Å²) in [6.45, 7) is 5.34. The Morgan fingerprint density at radius 1 is 1.17 bits per heavy atom. The molecule has 3 heterocycles. The van der Waals surface area contributed by atoms with Gasteiger partial charge in [0.1, 0.15) is 5.52 Å². The number of carbonyl (C=O) groups is 1. The quantitative estimate of drug-likeness (QED) is 0.533. The van der Waals surface area contributed by atoms with E-state index < -0.39 is 0 Å². The van der Waals surface area contributed by atoms with Gasteiger partial charge in [0.15, 0.2) is 0 Å². The van der Waals surface area contributed by atoms with Gasteiger partial charge in [0, 0.05) is 30.8 Å². The highest BCUT2D eigenvalue weighted by molar-refractivity contribution is 5.96. The molecule has 8 nitrogen and oxygen atoms in total. The van der Waals surface area contributed by atoms with Crippen LogP contribution in [0.1, 0.15) is 30.7 Å². The van der Waals surface area contributed by atoms with E-state index in [1.54, 1.807) is 4.90 Å². The SMILES string of the molecule is CCn1nnc2cc(-c3noc(C4CC(=O)N(c5ccc(C)cc5)C4)n3)ccc21. The van der Waals surface area contributed by atoms with Crippen molar-refractivity contribution in [1.29, 1.82) is 0 Å². The second kappa shape index (κ2) is 6.80. The van der Waals surface area contributed by atoms with Crippen LogP contribution in [0.5, 0.6) is 0 Å². The summed E-state index contributed by atoms with van der Waals surface area (Å²) in [6, 6.07) is 13.7. The summed E-state index contributed by atoms with van der Waals surface area (Å²) in [6.07, 6.45) is 0.360. The Morgan fingerprint density at radius 3 is 2.79 bits per heavy atom. The summed E-state index contributed by atoms with van der Waals surface area (Å²) in [7, 11) is 0. The summed E-state index contributed by atoms with van der Waals surface area (Å²) in [5, 5.41) is 12.5. The van der Waals surface area contributed by atoms with Crippen molar-refractivity contribution >= 4 is 22.6 Å². The molecule has 0 saturated carbocycles. The Labute approximate surface area is 167 Å². The molecule has 1 atom stereocenters. The number of aryl methyl sites for hydroxylation is 2. The van der Waals surface area contributed by atoms with Gasteiger partial charge in [0.2, 0.25) is 17.6 Å². The van der Waals surface area contributed by atoms with Gasteiger partial charge in [0.25, 0.3) is 0 Å². The number of hydrogen-bond donors (Lipinski definition) is 0. The lowest BCUT2D eigenvalue weighted by atomic mass is 10.1. The molecule has 1 unspecified atom stereocenters. The molecule has 1 aliphatic heterocycles. The first-order valence-corrected chi connectivity index (χ1v) is 9.66. The Bertz CT molecular complexity index is 1190. The maximum Gasteiger partial charge on any atom is 0.232 e. The summed E-state index contributed by atoms with van der Waals surface area (Å²) in [4.78, 5) is 18.9. The highest BCUT2D eigenvalue weighted by Gasteiger charge is 2.35. The minimum absolute atomic E-state index is 0.0659. The third-order valence-corrected chi connectivity index (χ3v) is 5.33. The summed E-state index contributed by atoms with van der Waals surface area (Å²) < 4.78 is 7.35. The molecule has 0 spiro atoms. The average Bonchev–Trinajstić information content (AvgIpc) is 3.46. The third-order valence-electron chi connectivity index (χ3n) is 5.33. The van der Waals surface area contributed by atoms with Crippen LogP contribution >= 0.6 is 0 Å². The van der Waals surface area contributed by atoms with Crippen molar-refractivity contribution in [2.24, 2.45) is 0 Å². The minimum Gasteiger partial charge on any atom is -0.339 e. The average molecular weight is 388 g/mol. The van der Waals surface area contributed by atoms with E-state index in [9.17, 15) is 4.79 Å². The number of aromatic nitrogens is 5. The number of fused-ring (bicyclic) bond motifs is 1. The molecule has 1 amide bonds. The predicted octanol–water partition coefficient (Wildman–Crippen LogP) is 3.33. The fraction of sp³-hybridized carbons (Fsp3) is 0.286. The summed E-state index contributed by atoms with van der Waals surface area (Å²) >= 11 is 0. The number of benzene rings is 2. The lowest BCUT2D eigenvalue weighted by Crippen LogP contribution is -2.24. The van der Waals surface area contributed by atoms with Crippen LogP contribution in [0.2, 0.25) is 0 Å². The number of nitrogens with zero attached hydrogens (tertiary/aromatic N) is 6. The highest BCUT2D eigenvalue weighted by atomic mass is 16.5. The maximum atomic E-state index is 12.5. The molecule has 4 aromatic rings. The zero-order valence-electron chi connectivity index (χ0n) is 16.2. The van der Waals surface area contributed by atoms with Crippen LogP contribution < -0.4 is 4.90 Å². The van der Waals surface area contributed by atoms with Crippen LogP contribution in [0.3, 0.4) is 0 Å². The van der Waals surface area contributed by atoms with Gasteiger partial charge >= 0.3 is 0 Å². The molecule has 29 heavy (non-hydrogen) atoms. The monoisotopic (exact) mass is 388 g/mol. The van der Waals surface area contributed by atoms with Crippen LogP contribution in [0.4, 0.5) is 5.69 Å². The number of anilines is 1. The van der Waals surface area contributed by atoms with Crippen molar-refractivity contribution in [3.05, 3.63) is 53.9 Å². The maximum absolute atomic E-state index is 12.5. The number of amides is 1. The molecule has 5 rings (SSSR count). The summed E-state index contributed by atoms with van der Waals surface area (Å²) in [5.41, 5.74) is 4.63. The molecule has 146 valence electrons. The number of rotatable bonds is 4. The lowest BCUT2D eigenvalue weighted by Gasteiger charge is -2.16. The Balaban J connectivity index is 1.39. The predicted molar refractivity (Wildman–Crippen MR) is 107 cm³/mol. The first kappa shape index (κ1) is 17.5. The fourth-order valence-electron chi connectivity index (χ4n) is 3.71. The van der Waals surface area contributed by atoms with Gasteiger partial charge in [-0.3, -0.25) is 4.79 Å². The molecular weight excluding hydrogens is 368 g/mol. The van der Waals surface area contributed by atoms with E-state index in [0.29, 0.717) is 24.7 Å². The van der Waals surface area contributed by atoms with Crippen molar-refractivity contribution in [2.45, 2.75) is 32.7 Å². The second-order valence-corrected chi connectivity index (χ2v) is 7.31. The van der Waals surface area contributed by atoms with Crippen LogP contribution in [0.25, 0.3) is 22.4 Å². The number of carbonyl (C=O) groups excluding carboxylic acids is 1. The Hall–Kier alpha value is -3.55. The van der Waals surface area contributed by atoms with E-state index in [4.69, 9.17) is 4.52 Å². The standard InChI is InChI=1S/C21H20N6O2/c1-3-27-18-9-6-14(10-17(18)23-25-27)20-22-21(29-24-20)15-11-19(28)26(12-15)16-7-4-13(2)5-8-16/h4-10,15H,3,11-12H2,1-2H3. The van der Waals surface area contributed by atoms with Crippen LogP contribution in [0.15, 0.2) is 47.0 Å². The second-order valence-electron chi connectivity index (χ2n) is 7.31.